The number of rotatable bonds is 14. The quantitative estimate of drug-likeness (QED) is 0.284. The first-order chi connectivity index (χ1) is 13.8. The summed E-state index contributed by atoms with van der Waals surface area (Å²) in [6.07, 6.45) is 34.2. The van der Waals surface area contributed by atoms with Crippen LogP contribution in [0.4, 0.5) is 0 Å². The van der Waals surface area contributed by atoms with Gasteiger partial charge in [-0.05, 0) is 48.3 Å². The van der Waals surface area contributed by atoms with Gasteiger partial charge in [-0.25, -0.2) is 0 Å². The van der Waals surface area contributed by atoms with Crippen molar-refractivity contribution in [1.29, 1.82) is 0 Å². The minimum atomic E-state index is 1.14. The predicted molar refractivity (Wildman–Crippen MR) is 124 cm³/mol. The molecule has 28 heavy (non-hydrogen) atoms. The largest absolute Gasteiger partial charge is 0.354 e. The minimum absolute atomic E-state index is 1.14. The van der Waals surface area contributed by atoms with E-state index in [0.717, 1.165) is 13.1 Å². The van der Waals surface area contributed by atoms with Crippen LogP contribution in [0.15, 0.2) is 60.3 Å². The summed E-state index contributed by atoms with van der Waals surface area (Å²) in [7, 11) is 0. The van der Waals surface area contributed by atoms with Gasteiger partial charge in [-0.15, -0.1) is 0 Å². The molecule has 2 aliphatic heterocycles. The van der Waals surface area contributed by atoms with E-state index >= 15 is 0 Å². The molecule has 0 saturated carbocycles. The van der Waals surface area contributed by atoms with Gasteiger partial charge >= 0.3 is 0 Å². The Balaban J connectivity index is 1.64. The maximum Gasteiger partial charge on any atom is 0.0219 e. The van der Waals surface area contributed by atoms with Gasteiger partial charge in [0, 0.05) is 37.9 Å². The highest BCUT2D eigenvalue weighted by Gasteiger charge is 2.07. The van der Waals surface area contributed by atoms with Gasteiger partial charge in [0.05, 0.1) is 0 Å². The maximum absolute atomic E-state index is 2.32. The fourth-order valence-corrected chi connectivity index (χ4v) is 3.75. The van der Waals surface area contributed by atoms with Crippen molar-refractivity contribution < 1.29 is 0 Å². The monoisotopic (exact) mass is 382 g/mol. The van der Waals surface area contributed by atoms with Crippen LogP contribution in [0.3, 0.4) is 0 Å². The number of allylic oxidation sites excluding steroid dienone is 6. The van der Waals surface area contributed by atoms with Crippen LogP contribution < -0.4 is 0 Å². The van der Waals surface area contributed by atoms with E-state index in [2.05, 4.69) is 72.8 Å². The Labute approximate surface area is 174 Å². The molecule has 0 aromatic heterocycles. The van der Waals surface area contributed by atoms with Gasteiger partial charge in [0.2, 0.25) is 0 Å². The Morgan fingerprint density at radius 1 is 0.464 bits per heavy atom. The van der Waals surface area contributed by atoms with Gasteiger partial charge in [-0.1, -0.05) is 78.1 Å². The molecule has 0 radical (unpaired) electrons. The zero-order chi connectivity index (χ0) is 19.9. The molecule has 0 unspecified atom stereocenters. The van der Waals surface area contributed by atoms with Crippen LogP contribution in [0.25, 0.3) is 0 Å². The summed E-state index contributed by atoms with van der Waals surface area (Å²) in [4.78, 5) is 4.65. The molecule has 0 aromatic carbocycles. The maximum atomic E-state index is 2.32. The standard InChI is InChI=1S/C26H42N2/c1-3-5-7-9-11-13-19-27-21-15-25(16-22-27)26-17-23-28(24-18-26)20-14-12-10-8-6-4-2/h15-18,21-24H,3-14,19-20H2,1-2H3. The first kappa shape index (κ1) is 22.6. The molecular weight excluding hydrogens is 340 g/mol. The summed E-state index contributed by atoms with van der Waals surface area (Å²) in [5, 5.41) is 0. The van der Waals surface area contributed by atoms with Gasteiger partial charge in [-0.2, -0.15) is 0 Å². The average Bonchev–Trinajstić information content (AvgIpc) is 2.74. The van der Waals surface area contributed by atoms with E-state index in [9.17, 15) is 0 Å². The summed E-state index contributed by atoms with van der Waals surface area (Å²) in [6, 6.07) is 0. The summed E-state index contributed by atoms with van der Waals surface area (Å²) < 4.78 is 0. The molecule has 2 heterocycles. The number of hydrogen-bond acceptors (Lipinski definition) is 2. The van der Waals surface area contributed by atoms with E-state index in [4.69, 9.17) is 0 Å². The summed E-state index contributed by atoms with van der Waals surface area (Å²) in [5.41, 5.74) is 2.62. The number of unbranched alkanes of at least 4 members (excludes halogenated alkanes) is 10. The fraction of sp³-hybridized carbons (Fsp3) is 0.615. The SMILES string of the molecule is CCCCCCCCN1C=CC(=C2C=CN(CCCCCCCC)C=C2)C=C1. The molecule has 156 valence electrons. The Bertz CT molecular complexity index is 483. The Morgan fingerprint density at radius 2 is 0.786 bits per heavy atom. The lowest BCUT2D eigenvalue weighted by atomic mass is 10.0. The second-order valence-corrected chi connectivity index (χ2v) is 8.18. The van der Waals surface area contributed by atoms with Crippen molar-refractivity contribution in [1.82, 2.24) is 9.80 Å². The molecular formula is C26H42N2. The van der Waals surface area contributed by atoms with Crippen molar-refractivity contribution in [2.45, 2.75) is 90.9 Å². The van der Waals surface area contributed by atoms with E-state index in [1.807, 2.05) is 0 Å². The summed E-state index contributed by atoms with van der Waals surface area (Å²) >= 11 is 0. The molecule has 0 amide bonds. The highest BCUT2D eigenvalue weighted by atomic mass is 15.1. The first-order valence-electron chi connectivity index (χ1n) is 11.8. The van der Waals surface area contributed by atoms with Crippen LogP contribution in [-0.4, -0.2) is 22.9 Å². The van der Waals surface area contributed by atoms with Crippen LogP contribution in [-0.2, 0) is 0 Å². The van der Waals surface area contributed by atoms with Gasteiger partial charge in [0.1, 0.15) is 0 Å². The molecule has 2 nitrogen and oxygen atoms in total. The van der Waals surface area contributed by atoms with Gasteiger partial charge < -0.3 is 9.80 Å². The van der Waals surface area contributed by atoms with Crippen LogP contribution in [0.2, 0.25) is 0 Å². The molecule has 2 aliphatic rings. The van der Waals surface area contributed by atoms with Gasteiger partial charge in [0.25, 0.3) is 0 Å². The van der Waals surface area contributed by atoms with Gasteiger partial charge in [-0.3, -0.25) is 0 Å². The lowest BCUT2D eigenvalue weighted by Crippen LogP contribution is -2.15. The lowest BCUT2D eigenvalue weighted by molar-refractivity contribution is 0.462. The van der Waals surface area contributed by atoms with E-state index in [1.54, 1.807) is 0 Å². The first-order valence-corrected chi connectivity index (χ1v) is 11.8. The second-order valence-electron chi connectivity index (χ2n) is 8.18. The predicted octanol–water partition coefficient (Wildman–Crippen LogP) is 7.69. The smallest absolute Gasteiger partial charge is 0.0219 e. The second kappa shape index (κ2) is 14.3. The normalized spacial score (nSPS) is 15.9. The van der Waals surface area contributed by atoms with E-state index in [1.165, 1.54) is 88.2 Å². The third-order valence-corrected chi connectivity index (χ3v) is 5.66. The Kier molecular flexibility index (Phi) is 11.6. The van der Waals surface area contributed by atoms with Crippen LogP contribution in [0.1, 0.15) is 90.9 Å². The van der Waals surface area contributed by atoms with E-state index < -0.39 is 0 Å². The van der Waals surface area contributed by atoms with Crippen molar-refractivity contribution in [2.24, 2.45) is 0 Å². The molecule has 0 fully saturated rings. The molecule has 2 rings (SSSR count). The molecule has 0 bridgehead atoms. The Morgan fingerprint density at radius 3 is 1.14 bits per heavy atom. The minimum Gasteiger partial charge on any atom is -0.354 e. The highest BCUT2D eigenvalue weighted by Crippen LogP contribution is 2.20. The van der Waals surface area contributed by atoms with Crippen molar-refractivity contribution in [3.63, 3.8) is 0 Å². The molecule has 0 aromatic rings. The van der Waals surface area contributed by atoms with E-state index in [-0.39, 0.29) is 0 Å². The third kappa shape index (κ3) is 8.99. The molecule has 0 aliphatic carbocycles. The zero-order valence-electron chi connectivity index (χ0n) is 18.4. The van der Waals surface area contributed by atoms with Crippen LogP contribution in [0, 0.1) is 0 Å². The molecule has 0 N–H and O–H groups in total. The van der Waals surface area contributed by atoms with Crippen molar-refractivity contribution in [3.05, 3.63) is 60.3 Å². The molecule has 0 saturated heterocycles. The summed E-state index contributed by atoms with van der Waals surface area (Å²) in [5.74, 6) is 0. The lowest BCUT2D eigenvalue weighted by Gasteiger charge is -2.22. The average molecular weight is 383 g/mol. The van der Waals surface area contributed by atoms with Crippen LogP contribution in [0.5, 0.6) is 0 Å². The zero-order valence-corrected chi connectivity index (χ0v) is 18.4. The molecule has 0 atom stereocenters. The molecule has 2 heteroatoms. The van der Waals surface area contributed by atoms with E-state index in [0.29, 0.717) is 0 Å². The summed E-state index contributed by atoms with van der Waals surface area (Å²) in [6.45, 7) is 6.83. The topological polar surface area (TPSA) is 6.48 Å². The molecule has 0 spiro atoms. The van der Waals surface area contributed by atoms with Crippen molar-refractivity contribution in [3.8, 4) is 0 Å². The number of hydrogen-bond donors (Lipinski definition) is 0. The van der Waals surface area contributed by atoms with Crippen molar-refractivity contribution >= 4 is 0 Å². The van der Waals surface area contributed by atoms with Gasteiger partial charge in [0.15, 0.2) is 0 Å². The fourth-order valence-electron chi connectivity index (χ4n) is 3.75. The van der Waals surface area contributed by atoms with Crippen LogP contribution >= 0.6 is 0 Å². The third-order valence-electron chi connectivity index (χ3n) is 5.66. The number of nitrogens with zero attached hydrogens (tertiary/aromatic N) is 2. The Hall–Kier alpha value is -1.70. The highest BCUT2D eigenvalue weighted by molar-refractivity contribution is 5.48. The van der Waals surface area contributed by atoms with Crippen molar-refractivity contribution in [2.75, 3.05) is 13.1 Å².